The van der Waals surface area contributed by atoms with Crippen LogP contribution in [0.1, 0.15) is 24.8 Å². The third-order valence-electron chi connectivity index (χ3n) is 4.50. The Labute approximate surface area is 159 Å². The third-order valence-corrected chi connectivity index (χ3v) is 4.50. The van der Waals surface area contributed by atoms with E-state index in [1.807, 2.05) is 24.3 Å². The van der Waals surface area contributed by atoms with Gasteiger partial charge in [0.05, 0.1) is 32.3 Å². The van der Waals surface area contributed by atoms with Gasteiger partial charge < -0.3 is 30.0 Å². The number of aliphatic hydroxyl groups is 1. The summed E-state index contributed by atoms with van der Waals surface area (Å²) in [6.07, 6.45) is 0.619. The number of aliphatic hydroxyl groups excluding tert-OH is 1. The first-order valence-electron chi connectivity index (χ1n) is 9.00. The maximum absolute atomic E-state index is 12.2. The number of para-hydroxylation sites is 1. The van der Waals surface area contributed by atoms with Crippen LogP contribution in [0.5, 0.6) is 5.75 Å². The van der Waals surface area contributed by atoms with Crippen LogP contribution in [0.25, 0.3) is 0 Å². The smallest absolute Gasteiger partial charge is 0.246 e. The zero-order valence-electron chi connectivity index (χ0n) is 15.8. The van der Waals surface area contributed by atoms with Gasteiger partial charge in [-0.05, 0) is 18.9 Å². The second kappa shape index (κ2) is 10.9. The molecule has 1 aromatic rings. The molecule has 2 rings (SSSR count). The number of carbonyl (C=O) groups excluding carboxylic acids is 2. The second-order valence-electron chi connectivity index (χ2n) is 6.46. The van der Waals surface area contributed by atoms with Gasteiger partial charge in [0.15, 0.2) is 0 Å². The van der Waals surface area contributed by atoms with Crippen LogP contribution in [-0.2, 0) is 25.6 Å². The monoisotopic (exact) mass is 380 g/mol. The maximum Gasteiger partial charge on any atom is 0.246 e. The molecule has 2 amide bonds. The van der Waals surface area contributed by atoms with Crippen molar-refractivity contribution in [3.8, 4) is 5.75 Å². The first-order valence-corrected chi connectivity index (χ1v) is 9.00. The Hall–Kier alpha value is -2.16. The van der Waals surface area contributed by atoms with Crippen molar-refractivity contribution in [2.24, 2.45) is 0 Å². The Morgan fingerprint density at radius 2 is 2.00 bits per heavy atom. The molecule has 3 atom stereocenters. The van der Waals surface area contributed by atoms with Crippen molar-refractivity contribution in [3.05, 3.63) is 29.8 Å². The van der Waals surface area contributed by atoms with Crippen molar-refractivity contribution in [2.45, 2.75) is 44.1 Å². The predicted octanol–water partition coefficient (Wildman–Crippen LogP) is 0.373. The van der Waals surface area contributed by atoms with E-state index in [2.05, 4.69) is 10.6 Å². The minimum Gasteiger partial charge on any atom is -0.496 e. The second-order valence-corrected chi connectivity index (χ2v) is 6.46. The van der Waals surface area contributed by atoms with Crippen LogP contribution in [0.15, 0.2) is 24.3 Å². The van der Waals surface area contributed by atoms with Gasteiger partial charge in [-0.15, -0.1) is 0 Å². The lowest BCUT2D eigenvalue weighted by Gasteiger charge is -2.35. The summed E-state index contributed by atoms with van der Waals surface area (Å²) in [6, 6.07) is 7.21. The van der Waals surface area contributed by atoms with Gasteiger partial charge in [0.2, 0.25) is 11.8 Å². The number of rotatable bonds is 9. The molecule has 8 heteroatoms. The standard InChI is InChI=1S/C19H28N2O6/c1-25-12-19(24)21-15-8-7-14(27-17(15)11-22)9-18(23)20-10-13-5-3-4-6-16(13)26-2/h3-6,14-15,17,22H,7-12H2,1-2H3,(H,20,23)(H,21,24)/t14-,15+,17-/m0/s1. The SMILES string of the molecule is COCC(=O)N[C@@H]1CC[C@@H](CC(=O)NCc2ccccc2OC)O[C@H]1CO. The number of hydrogen-bond donors (Lipinski definition) is 3. The molecule has 1 aliphatic heterocycles. The van der Waals surface area contributed by atoms with Crippen LogP contribution in [0, 0.1) is 0 Å². The lowest BCUT2D eigenvalue weighted by Crippen LogP contribution is -2.52. The van der Waals surface area contributed by atoms with Gasteiger partial charge in [-0.3, -0.25) is 9.59 Å². The Morgan fingerprint density at radius 1 is 1.22 bits per heavy atom. The summed E-state index contributed by atoms with van der Waals surface area (Å²) in [5, 5.41) is 15.2. The number of carbonyl (C=O) groups is 2. The van der Waals surface area contributed by atoms with Crippen LogP contribution in [0.4, 0.5) is 0 Å². The number of benzene rings is 1. The summed E-state index contributed by atoms with van der Waals surface area (Å²) in [5.41, 5.74) is 0.895. The summed E-state index contributed by atoms with van der Waals surface area (Å²) in [5.74, 6) is 0.337. The highest BCUT2D eigenvalue weighted by molar-refractivity contribution is 5.77. The molecule has 1 heterocycles. The van der Waals surface area contributed by atoms with Gasteiger partial charge in [0, 0.05) is 19.2 Å². The van der Waals surface area contributed by atoms with E-state index < -0.39 is 6.10 Å². The first-order chi connectivity index (χ1) is 13.1. The fraction of sp³-hybridized carbons (Fsp3) is 0.579. The first kappa shape index (κ1) is 21.1. The Balaban J connectivity index is 1.80. The number of hydrogen-bond acceptors (Lipinski definition) is 6. The van der Waals surface area contributed by atoms with Crippen molar-refractivity contribution in [2.75, 3.05) is 27.4 Å². The number of ether oxygens (including phenoxy) is 3. The molecule has 0 aromatic heterocycles. The van der Waals surface area contributed by atoms with Crippen LogP contribution in [0.3, 0.4) is 0 Å². The maximum atomic E-state index is 12.2. The van der Waals surface area contributed by atoms with Crippen LogP contribution in [-0.4, -0.2) is 62.6 Å². The van der Waals surface area contributed by atoms with Crippen molar-refractivity contribution in [3.63, 3.8) is 0 Å². The molecular formula is C19H28N2O6. The highest BCUT2D eigenvalue weighted by Gasteiger charge is 2.32. The van der Waals surface area contributed by atoms with Crippen LogP contribution < -0.4 is 15.4 Å². The normalized spacial score (nSPS) is 22.1. The number of amides is 2. The molecule has 8 nitrogen and oxygen atoms in total. The fourth-order valence-electron chi connectivity index (χ4n) is 3.15. The molecule has 150 valence electrons. The lowest BCUT2D eigenvalue weighted by molar-refractivity contribution is -0.137. The van der Waals surface area contributed by atoms with Gasteiger partial charge in [0.25, 0.3) is 0 Å². The van der Waals surface area contributed by atoms with E-state index in [-0.39, 0.29) is 43.6 Å². The van der Waals surface area contributed by atoms with Crippen LogP contribution in [0.2, 0.25) is 0 Å². The number of nitrogens with one attached hydrogen (secondary N) is 2. The molecule has 1 aliphatic rings. The molecule has 3 N–H and O–H groups in total. The van der Waals surface area contributed by atoms with Crippen molar-refractivity contribution in [1.29, 1.82) is 0 Å². The van der Waals surface area contributed by atoms with E-state index in [4.69, 9.17) is 14.2 Å². The highest BCUT2D eigenvalue weighted by Crippen LogP contribution is 2.22. The quantitative estimate of drug-likeness (QED) is 0.572. The van der Waals surface area contributed by atoms with E-state index in [1.54, 1.807) is 7.11 Å². The van der Waals surface area contributed by atoms with Crippen LogP contribution >= 0.6 is 0 Å². The summed E-state index contributed by atoms with van der Waals surface area (Å²) >= 11 is 0. The molecule has 1 saturated heterocycles. The van der Waals surface area contributed by atoms with Crippen molar-refractivity contribution >= 4 is 11.8 Å². The average Bonchev–Trinajstić information content (AvgIpc) is 2.68. The number of methoxy groups -OCH3 is 2. The molecule has 0 unspecified atom stereocenters. The van der Waals surface area contributed by atoms with Gasteiger partial charge in [-0.1, -0.05) is 18.2 Å². The van der Waals surface area contributed by atoms with Gasteiger partial charge in [-0.2, -0.15) is 0 Å². The third kappa shape index (κ3) is 6.50. The summed E-state index contributed by atoms with van der Waals surface area (Å²) in [6.45, 7) is 0.107. The zero-order valence-corrected chi connectivity index (χ0v) is 15.8. The molecule has 1 aromatic carbocycles. The van der Waals surface area contributed by atoms with Crippen molar-refractivity contribution in [1.82, 2.24) is 10.6 Å². The average molecular weight is 380 g/mol. The molecule has 0 saturated carbocycles. The molecule has 0 aliphatic carbocycles. The Morgan fingerprint density at radius 3 is 2.70 bits per heavy atom. The van der Waals surface area contributed by atoms with Gasteiger partial charge in [-0.25, -0.2) is 0 Å². The largest absolute Gasteiger partial charge is 0.496 e. The minimum absolute atomic E-state index is 0.0383. The van der Waals surface area contributed by atoms with E-state index in [0.717, 1.165) is 11.3 Å². The zero-order chi connectivity index (χ0) is 19.6. The summed E-state index contributed by atoms with van der Waals surface area (Å²) in [7, 11) is 3.04. The highest BCUT2D eigenvalue weighted by atomic mass is 16.5. The molecule has 0 radical (unpaired) electrons. The van der Waals surface area contributed by atoms with E-state index >= 15 is 0 Å². The van der Waals surface area contributed by atoms with Gasteiger partial charge in [0.1, 0.15) is 18.5 Å². The topological polar surface area (TPSA) is 106 Å². The molecule has 0 bridgehead atoms. The fourth-order valence-corrected chi connectivity index (χ4v) is 3.15. The lowest BCUT2D eigenvalue weighted by atomic mass is 9.97. The van der Waals surface area contributed by atoms with E-state index in [1.165, 1.54) is 7.11 Å². The van der Waals surface area contributed by atoms with Gasteiger partial charge >= 0.3 is 0 Å². The summed E-state index contributed by atoms with van der Waals surface area (Å²) < 4.78 is 15.9. The summed E-state index contributed by atoms with van der Waals surface area (Å²) in [4.78, 5) is 23.9. The predicted molar refractivity (Wildman–Crippen MR) is 98.2 cm³/mol. The molecule has 1 fully saturated rings. The van der Waals surface area contributed by atoms with Crippen molar-refractivity contribution < 1.29 is 28.9 Å². The molecule has 27 heavy (non-hydrogen) atoms. The Bertz CT molecular complexity index is 624. The Kier molecular flexibility index (Phi) is 8.50. The molecule has 0 spiro atoms. The van der Waals surface area contributed by atoms with E-state index in [0.29, 0.717) is 19.4 Å². The minimum atomic E-state index is -0.536. The van der Waals surface area contributed by atoms with E-state index in [9.17, 15) is 14.7 Å². The molecular weight excluding hydrogens is 352 g/mol.